The zero-order chi connectivity index (χ0) is 25.9. The molecule has 1 N–H and O–H groups in total. The third-order valence-corrected chi connectivity index (χ3v) is 6.33. The molecule has 0 fully saturated rings. The standard InChI is InChI=1S/C32H37N3O2/c1-25-22-26(2)24-28(23-25)37-21-11-20-35-30-15-9-8-14-29(30)34-31(35)16-7-4-10-19-33-32(36)18-17-27-12-5-3-6-13-27/h3,5-6,8-9,12-15,17-18,22-24H,4,7,10-11,16,19-21H2,1-2H3,(H,33,36)/b18-17+. The van der Waals surface area contributed by atoms with Crippen LogP contribution in [-0.2, 0) is 17.8 Å². The van der Waals surface area contributed by atoms with E-state index in [1.165, 1.54) is 16.6 Å². The number of ether oxygens (including phenoxy) is 1. The molecule has 4 rings (SSSR count). The lowest BCUT2D eigenvalue weighted by Gasteiger charge is -2.11. The quantitative estimate of drug-likeness (QED) is 0.167. The van der Waals surface area contributed by atoms with Crippen LogP contribution in [-0.4, -0.2) is 28.6 Å². The van der Waals surface area contributed by atoms with E-state index in [1.807, 2.05) is 42.5 Å². The molecule has 3 aromatic carbocycles. The van der Waals surface area contributed by atoms with E-state index in [9.17, 15) is 4.79 Å². The molecule has 1 amide bonds. The van der Waals surface area contributed by atoms with E-state index < -0.39 is 0 Å². The highest BCUT2D eigenvalue weighted by molar-refractivity contribution is 5.91. The van der Waals surface area contributed by atoms with Crippen LogP contribution in [0.4, 0.5) is 0 Å². The van der Waals surface area contributed by atoms with Crippen LogP contribution < -0.4 is 10.1 Å². The Kier molecular flexibility index (Phi) is 9.53. The largest absolute Gasteiger partial charge is 0.494 e. The number of benzene rings is 3. The molecule has 0 spiro atoms. The van der Waals surface area contributed by atoms with Crippen LogP contribution in [0.1, 0.15) is 48.2 Å². The fourth-order valence-electron chi connectivity index (χ4n) is 4.59. The van der Waals surface area contributed by atoms with Gasteiger partial charge in [-0.25, -0.2) is 4.98 Å². The highest BCUT2D eigenvalue weighted by Crippen LogP contribution is 2.20. The average Bonchev–Trinajstić information content (AvgIpc) is 3.24. The summed E-state index contributed by atoms with van der Waals surface area (Å²) in [6.07, 6.45) is 8.32. The number of carbonyl (C=O) groups is 1. The lowest BCUT2D eigenvalue weighted by Crippen LogP contribution is -2.22. The Morgan fingerprint density at radius 2 is 1.68 bits per heavy atom. The van der Waals surface area contributed by atoms with E-state index in [2.05, 4.69) is 60.1 Å². The topological polar surface area (TPSA) is 56.1 Å². The number of nitrogens with zero attached hydrogens (tertiary/aromatic N) is 2. The number of unbranched alkanes of at least 4 members (excludes halogenated alkanes) is 2. The minimum absolute atomic E-state index is 0.0475. The molecule has 0 aliphatic rings. The van der Waals surface area contributed by atoms with E-state index >= 15 is 0 Å². The Bertz CT molecular complexity index is 1300. The Morgan fingerprint density at radius 1 is 0.919 bits per heavy atom. The van der Waals surface area contributed by atoms with E-state index in [-0.39, 0.29) is 5.91 Å². The molecule has 0 atom stereocenters. The Hall–Kier alpha value is -3.86. The summed E-state index contributed by atoms with van der Waals surface area (Å²) in [4.78, 5) is 17.0. The monoisotopic (exact) mass is 495 g/mol. The van der Waals surface area contributed by atoms with Crippen LogP contribution in [0.25, 0.3) is 17.1 Å². The highest BCUT2D eigenvalue weighted by Gasteiger charge is 2.10. The molecule has 0 aliphatic heterocycles. The minimum Gasteiger partial charge on any atom is -0.494 e. The van der Waals surface area contributed by atoms with Crippen LogP contribution >= 0.6 is 0 Å². The predicted molar refractivity (Wildman–Crippen MR) is 152 cm³/mol. The van der Waals surface area contributed by atoms with Crippen molar-refractivity contribution in [1.29, 1.82) is 0 Å². The van der Waals surface area contributed by atoms with Crippen LogP contribution in [0.15, 0.2) is 78.9 Å². The van der Waals surface area contributed by atoms with Gasteiger partial charge in [-0.05, 0) is 80.1 Å². The van der Waals surface area contributed by atoms with Gasteiger partial charge in [0.1, 0.15) is 11.6 Å². The number of aryl methyl sites for hydroxylation is 4. The van der Waals surface area contributed by atoms with Gasteiger partial charge in [-0.3, -0.25) is 4.79 Å². The second-order valence-electron chi connectivity index (χ2n) is 9.54. The molecule has 0 aliphatic carbocycles. The van der Waals surface area contributed by atoms with Crippen molar-refractivity contribution in [3.8, 4) is 5.75 Å². The van der Waals surface area contributed by atoms with E-state index in [0.29, 0.717) is 13.2 Å². The number of para-hydroxylation sites is 2. The maximum atomic E-state index is 12.0. The number of hydrogen-bond acceptors (Lipinski definition) is 3. The zero-order valence-electron chi connectivity index (χ0n) is 22.0. The summed E-state index contributed by atoms with van der Waals surface area (Å²) in [6, 6.07) is 24.5. The summed E-state index contributed by atoms with van der Waals surface area (Å²) in [6.45, 7) is 6.43. The molecule has 5 nitrogen and oxygen atoms in total. The average molecular weight is 496 g/mol. The summed E-state index contributed by atoms with van der Waals surface area (Å²) in [7, 11) is 0. The van der Waals surface area contributed by atoms with E-state index in [1.54, 1.807) is 6.08 Å². The Morgan fingerprint density at radius 3 is 2.49 bits per heavy atom. The summed E-state index contributed by atoms with van der Waals surface area (Å²) in [5, 5.41) is 2.98. The summed E-state index contributed by atoms with van der Waals surface area (Å²) in [5.41, 5.74) is 5.70. The number of amides is 1. The SMILES string of the molecule is Cc1cc(C)cc(OCCCn2c(CCCCCNC(=O)/C=C/c3ccccc3)nc3ccccc32)c1. The predicted octanol–water partition coefficient (Wildman–Crippen LogP) is 6.66. The first kappa shape index (κ1) is 26.2. The first-order chi connectivity index (χ1) is 18.1. The van der Waals surface area contributed by atoms with Crippen molar-refractivity contribution in [2.75, 3.05) is 13.2 Å². The van der Waals surface area contributed by atoms with Crippen molar-refractivity contribution in [2.45, 2.75) is 52.5 Å². The van der Waals surface area contributed by atoms with Gasteiger partial charge in [-0.2, -0.15) is 0 Å². The van der Waals surface area contributed by atoms with Crippen molar-refractivity contribution in [2.24, 2.45) is 0 Å². The molecule has 0 unspecified atom stereocenters. The number of rotatable bonds is 13. The van der Waals surface area contributed by atoms with E-state index in [4.69, 9.17) is 9.72 Å². The summed E-state index contributed by atoms with van der Waals surface area (Å²) in [5.74, 6) is 2.02. The first-order valence-corrected chi connectivity index (χ1v) is 13.2. The fraction of sp³-hybridized carbons (Fsp3) is 0.312. The van der Waals surface area contributed by atoms with Gasteiger partial charge in [0.25, 0.3) is 0 Å². The molecule has 192 valence electrons. The molecule has 1 heterocycles. The van der Waals surface area contributed by atoms with Gasteiger partial charge in [0.15, 0.2) is 0 Å². The zero-order valence-corrected chi connectivity index (χ0v) is 22.0. The van der Waals surface area contributed by atoms with Crippen LogP contribution in [0, 0.1) is 13.8 Å². The number of imidazole rings is 1. The molecule has 0 saturated carbocycles. The maximum absolute atomic E-state index is 12.0. The van der Waals surface area contributed by atoms with Crippen molar-refractivity contribution in [3.63, 3.8) is 0 Å². The second kappa shape index (κ2) is 13.4. The molecule has 0 saturated heterocycles. The van der Waals surface area contributed by atoms with Crippen molar-refractivity contribution >= 4 is 23.0 Å². The number of nitrogens with one attached hydrogen (secondary N) is 1. The third kappa shape index (κ3) is 8.07. The molecule has 4 aromatic rings. The molecule has 0 radical (unpaired) electrons. The van der Waals surface area contributed by atoms with Gasteiger partial charge in [0.05, 0.1) is 17.6 Å². The normalized spacial score (nSPS) is 11.3. The Balaban J connectivity index is 1.22. The number of hydrogen-bond donors (Lipinski definition) is 1. The minimum atomic E-state index is -0.0475. The van der Waals surface area contributed by atoms with Gasteiger partial charge in [-0.1, -0.05) is 55.0 Å². The molecular formula is C32H37N3O2. The van der Waals surface area contributed by atoms with Crippen molar-refractivity contribution in [1.82, 2.24) is 14.9 Å². The van der Waals surface area contributed by atoms with E-state index in [0.717, 1.165) is 61.3 Å². The van der Waals surface area contributed by atoms with Crippen molar-refractivity contribution < 1.29 is 9.53 Å². The van der Waals surface area contributed by atoms with Crippen LogP contribution in [0.5, 0.6) is 5.75 Å². The lowest BCUT2D eigenvalue weighted by atomic mass is 10.1. The Labute approximate surface area is 220 Å². The van der Waals surface area contributed by atoms with Gasteiger partial charge < -0.3 is 14.6 Å². The third-order valence-electron chi connectivity index (χ3n) is 6.33. The molecular weight excluding hydrogens is 458 g/mol. The lowest BCUT2D eigenvalue weighted by molar-refractivity contribution is -0.116. The van der Waals surface area contributed by atoms with Crippen LogP contribution in [0.2, 0.25) is 0 Å². The van der Waals surface area contributed by atoms with Crippen LogP contribution in [0.3, 0.4) is 0 Å². The smallest absolute Gasteiger partial charge is 0.243 e. The highest BCUT2D eigenvalue weighted by atomic mass is 16.5. The summed E-state index contributed by atoms with van der Waals surface area (Å²) >= 11 is 0. The van der Waals surface area contributed by atoms with Crippen molar-refractivity contribution in [3.05, 3.63) is 101 Å². The molecule has 1 aromatic heterocycles. The maximum Gasteiger partial charge on any atom is 0.243 e. The molecule has 0 bridgehead atoms. The number of carbonyl (C=O) groups excluding carboxylic acids is 1. The van der Waals surface area contributed by atoms with Gasteiger partial charge in [0, 0.05) is 25.6 Å². The number of fused-ring (bicyclic) bond motifs is 1. The fourth-order valence-corrected chi connectivity index (χ4v) is 4.59. The first-order valence-electron chi connectivity index (χ1n) is 13.2. The van der Waals surface area contributed by atoms with Gasteiger partial charge in [0.2, 0.25) is 5.91 Å². The molecule has 5 heteroatoms. The second-order valence-corrected chi connectivity index (χ2v) is 9.54. The summed E-state index contributed by atoms with van der Waals surface area (Å²) < 4.78 is 8.38. The van der Waals surface area contributed by atoms with Gasteiger partial charge >= 0.3 is 0 Å². The van der Waals surface area contributed by atoms with Gasteiger partial charge in [-0.15, -0.1) is 0 Å². The number of aromatic nitrogens is 2. The molecule has 37 heavy (non-hydrogen) atoms.